The molecule has 0 amide bonds. The summed E-state index contributed by atoms with van der Waals surface area (Å²) in [6.07, 6.45) is 5.79. The maximum atomic E-state index is 6.27. The molecule has 1 aliphatic carbocycles. The number of pyridine rings is 1. The molecule has 1 saturated carbocycles. The number of nitrogens with two attached hydrogens (primary N) is 1. The molecule has 0 spiro atoms. The van der Waals surface area contributed by atoms with E-state index in [0.717, 1.165) is 24.1 Å². The molecule has 3 rings (SSSR count). The quantitative estimate of drug-likeness (QED) is 0.866. The van der Waals surface area contributed by atoms with E-state index in [0.29, 0.717) is 6.04 Å². The van der Waals surface area contributed by atoms with E-state index in [-0.39, 0.29) is 0 Å². The molecule has 2 N–H and O–H groups in total. The lowest BCUT2D eigenvalue weighted by Crippen LogP contribution is -2.38. The first-order chi connectivity index (χ1) is 8.74. The Balaban J connectivity index is 1.67. The van der Waals surface area contributed by atoms with Crippen LogP contribution in [0.5, 0.6) is 0 Å². The predicted molar refractivity (Wildman–Crippen MR) is 73.1 cm³/mol. The van der Waals surface area contributed by atoms with Crippen molar-refractivity contribution in [3.05, 3.63) is 29.6 Å². The van der Waals surface area contributed by atoms with Gasteiger partial charge in [-0.2, -0.15) is 0 Å². The van der Waals surface area contributed by atoms with Crippen molar-refractivity contribution >= 4 is 0 Å². The molecule has 3 unspecified atom stereocenters. The van der Waals surface area contributed by atoms with Gasteiger partial charge in [-0.25, -0.2) is 0 Å². The lowest BCUT2D eigenvalue weighted by molar-refractivity contribution is 0.259. The third-order valence-electron chi connectivity index (χ3n) is 4.74. The third-order valence-corrected chi connectivity index (χ3v) is 4.74. The van der Waals surface area contributed by atoms with Gasteiger partial charge in [-0.1, -0.05) is 12.5 Å². The highest BCUT2D eigenvalue weighted by Crippen LogP contribution is 2.36. The molecule has 2 fully saturated rings. The molecule has 3 nitrogen and oxygen atoms in total. The highest BCUT2D eigenvalue weighted by molar-refractivity contribution is 5.18. The van der Waals surface area contributed by atoms with Gasteiger partial charge < -0.3 is 5.73 Å². The lowest BCUT2D eigenvalue weighted by atomic mass is 9.78. The minimum atomic E-state index is 0.434. The number of aryl methyl sites for hydroxylation is 1. The van der Waals surface area contributed by atoms with Crippen LogP contribution in [0.4, 0.5) is 0 Å². The first-order valence-corrected chi connectivity index (χ1v) is 7.12. The first kappa shape index (κ1) is 12.1. The summed E-state index contributed by atoms with van der Waals surface area (Å²) < 4.78 is 0. The standard InChI is InChI=1S/C15H23N3/c1-11-12(5-3-7-17-11)8-18-9-13-4-2-6-15(16)14(13)10-18/h3,5,7,13-15H,2,4,6,8-10,16H2,1H3. The number of rotatable bonds is 2. The molecule has 2 heterocycles. The van der Waals surface area contributed by atoms with Crippen molar-refractivity contribution in [2.75, 3.05) is 13.1 Å². The molecule has 0 radical (unpaired) electrons. The number of nitrogens with zero attached hydrogens (tertiary/aromatic N) is 2. The summed E-state index contributed by atoms with van der Waals surface area (Å²) >= 11 is 0. The second-order valence-corrected chi connectivity index (χ2v) is 5.96. The maximum absolute atomic E-state index is 6.27. The maximum Gasteiger partial charge on any atom is 0.0417 e. The van der Waals surface area contributed by atoms with Crippen molar-refractivity contribution in [2.45, 2.75) is 38.8 Å². The molecule has 1 aliphatic heterocycles. The molecule has 3 heteroatoms. The molecule has 1 saturated heterocycles. The number of aromatic nitrogens is 1. The van der Waals surface area contributed by atoms with Crippen molar-refractivity contribution in [1.82, 2.24) is 9.88 Å². The summed E-state index contributed by atoms with van der Waals surface area (Å²) in [6, 6.07) is 4.67. The lowest BCUT2D eigenvalue weighted by Gasteiger charge is -2.29. The fraction of sp³-hybridized carbons (Fsp3) is 0.667. The van der Waals surface area contributed by atoms with Gasteiger partial charge in [0, 0.05) is 37.6 Å². The number of likely N-dealkylation sites (tertiary alicyclic amines) is 1. The fourth-order valence-electron chi connectivity index (χ4n) is 3.66. The van der Waals surface area contributed by atoms with Crippen LogP contribution in [0.25, 0.3) is 0 Å². The van der Waals surface area contributed by atoms with E-state index >= 15 is 0 Å². The zero-order valence-corrected chi connectivity index (χ0v) is 11.2. The topological polar surface area (TPSA) is 42.2 Å². The van der Waals surface area contributed by atoms with Gasteiger partial charge in [-0.05, 0) is 43.2 Å². The predicted octanol–water partition coefficient (Wildman–Crippen LogP) is 1.95. The Morgan fingerprint density at radius 3 is 3.06 bits per heavy atom. The van der Waals surface area contributed by atoms with Crippen LogP contribution in [0.3, 0.4) is 0 Å². The van der Waals surface area contributed by atoms with E-state index in [1.807, 2.05) is 12.3 Å². The van der Waals surface area contributed by atoms with E-state index < -0.39 is 0 Å². The Hall–Kier alpha value is -0.930. The van der Waals surface area contributed by atoms with Crippen LogP contribution in [0.2, 0.25) is 0 Å². The summed E-state index contributed by atoms with van der Waals surface area (Å²) in [4.78, 5) is 6.95. The van der Waals surface area contributed by atoms with Crippen LogP contribution in [0.1, 0.15) is 30.5 Å². The van der Waals surface area contributed by atoms with Gasteiger partial charge in [-0.15, -0.1) is 0 Å². The molecule has 1 aromatic heterocycles. The molecular formula is C15H23N3. The molecule has 1 aromatic rings. The van der Waals surface area contributed by atoms with Crippen molar-refractivity contribution < 1.29 is 0 Å². The van der Waals surface area contributed by atoms with Crippen molar-refractivity contribution in [2.24, 2.45) is 17.6 Å². The average molecular weight is 245 g/mol. The molecule has 0 aromatic carbocycles. The van der Waals surface area contributed by atoms with Crippen LogP contribution in [-0.4, -0.2) is 29.0 Å². The Bertz CT molecular complexity index is 418. The van der Waals surface area contributed by atoms with E-state index in [1.54, 1.807) is 0 Å². The Morgan fingerprint density at radius 1 is 1.39 bits per heavy atom. The van der Waals surface area contributed by atoms with E-state index in [1.165, 1.54) is 37.9 Å². The Morgan fingerprint density at radius 2 is 2.28 bits per heavy atom. The Kier molecular flexibility index (Phi) is 3.35. The highest BCUT2D eigenvalue weighted by Gasteiger charge is 2.38. The van der Waals surface area contributed by atoms with E-state index in [2.05, 4.69) is 22.9 Å². The van der Waals surface area contributed by atoms with Gasteiger partial charge in [0.1, 0.15) is 0 Å². The van der Waals surface area contributed by atoms with Crippen molar-refractivity contribution in [1.29, 1.82) is 0 Å². The summed E-state index contributed by atoms with van der Waals surface area (Å²) in [6.45, 7) is 5.55. The van der Waals surface area contributed by atoms with Gasteiger partial charge in [0.2, 0.25) is 0 Å². The second-order valence-electron chi connectivity index (χ2n) is 5.96. The molecular weight excluding hydrogens is 222 g/mol. The second kappa shape index (κ2) is 4.98. The SMILES string of the molecule is Cc1ncccc1CN1CC2CCCC(N)C2C1. The van der Waals surface area contributed by atoms with Crippen LogP contribution < -0.4 is 5.73 Å². The fourth-order valence-corrected chi connectivity index (χ4v) is 3.66. The minimum Gasteiger partial charge on any atom is -0.327 e. The summed E-state index contributed by atoms with van der Waals surface area (Å²) in [5.74, 6) is 1.57. The molecule has 2 aliphatic rings. The van der Waals surface area contributed by atoms with Gasteiger partial charge in [-0.3, -0.25) is 9.88 Å². The highest BCUT2D eigenvalue weighted by atomic mass is 15.2. The van der Waals surface area contributed by atoms with Crippen LogP contribution in [-0.2, 0) is 6.54 Å². The zero-order valence-electron chi connectivity index (χ0n) is 11.2. The zero-order chi connectivity index (χ0) is 12.5. The van der Waals surface area contributed by atoms with E-state index in [9.17, 15) is 0 Å². The first-order valence-electron chi connectivity index (χ1n) is 7.12. The molecule has 0 bridgehead atoms. The normalized spacial score (nSPS) is 32.4. The molecule has 3 atom stereocenters. The van der Waals surface area contributed by atoms with Crippen LogP contribution >= 0.6 is 0 Å². The summed E-state index contributed by atoms with van der Waals surface area (Å²) in [5, 5.41) is 0. The number of fused-ring (bicyclic) bond motifs is 1. The molecule has 18 heavy (non-hydrogen) atoms. The van der Waals surface area contributed by atoms with Gasteiger partial charge in [0.05, 0.1) is 0 Å². The van der Waals surface area contributed by atoms with Crippen molar-refractivity contribution in [3.63, 3.8) is 0 Å². The van der Waals surface area contributed by atoms with Gasteiger partial charge in [0.25, 0.3) is 0 Å². The van der Waals surface area contributed by atoms with Gasteiger partial charge >= 0.3 is 0 Å². The van der Waals surface area contributed by atoms with Crippen LogP contribution in [0.15, 0.2) is 18.3 Å². The monoisotopic (exact) mass is 245 g/mol. The summed E-state index contributed by atoms with van der Waals surface area (Å²) in [7, 11) is 0. The number of hydrogen-bond donors (Lipinski definition) is 1. The largest absolute Gasteiger partial charge is 0.327 e. The van der Waals surface area contributed by atoms with Gasteiger partial charge in [0.15, 0.2) is 0 Å². The summed E-state index contributed by atoms with van der Waals surface area (Å²) in [5.41, 5.74) is 8.80. The third kappa shape index (κ3) is 2.29. The van der Waals surface area contributed by atoms with Crippen LogP contribution in [0, 0.1) is 18.8 Å². The average Bonchev–Trinajstić information content (AvgIpc) is 2.76. The smallest absolute Gasteiger partial charge is 0.0417 e. The van der Waals surface area contributed by atoms with E-state index in [4.69, 9.17) is 5.73 Å². The van der Waals surface area contributed by atoms with Crippen molar-refractivity contribution in [3.8, 4) is 0 Å². The molecule has 98 valence electrons. The Labute approximate surface area is 109 Å². The number of hydrogen-bond acceptors (Lipinski definition) is 3. The minimum absolute atomic E-state index is 0.434.